The summed E-state index contributed by atoms with van der Waals surface area (Å²) in [6.07, 6.45) is 0. The summed E-state index contributed by atoms with van der Waals surface area (Å²) >= 11 is 1.41. The van der Waals surface area contributed by atoms with Crippen molar-refractivity contribution in [1.82, 2.24) is 4.98 Å². The van der Waals surface area contributed by atoms with Gasteiger partial charge in [-0.15, -0.1) is 11.3 Å². The highest BCUT2D eigenvalue weighted by atomic mass is 32.1. The van der Waals surface area contributed by atoms with E-state index in [9.17, 15) is 4.79 Å². The molecular weight excluding hydrogens is 322 g/mol. The molecule has 1 aromatic heterocycles. The summed E-state index contributed by atoms with van der Waals surface area (Å²) in [6, 6.07) is 13.3. The number of ether oxygens (including phenoxy) is 2. The molecule has 3 aromatic rings. The van der Waals surface area contributed by atoms with Crippen LogP contribution in [0.2, 0.25) is 0 Å². The lowest BCUT2D eigenvalue weighted by Gasteiger charge is -2.08. The lowest BCUT2D eigenvalue weighted by atomic mass is 10.1. The smallest absolute Gasteiger partial charge is 0.363 e. The summed E-state index contributed by atoms with van der Waals surface area (Å²) in [4.78, 5) is 16.8. The molecule has 0 bridgehead atoms. The Kier molecular flexibility index (Phi) is 4.62. The molecular formula is C19H17NO3S. The molecule has 3 rings (SSSR count). The number of thiazole rings is 1. The highest BCUT2D eigenvalue weighted by Gasteiger charge is 2.16. The van der Waals surface area contributed by atoms with Crippen molar-refractivity contribution in [2.24, 2.45) is 0 Å². The maximum atomic E-state index is 12.4. The zero-order valence-electron chi connectivity index (χ0n) is 13.7. The number of para-hydroxylation sites is 1. The SMILES string of the molecule is COc1ccc(-c2nc(C(=O)Oc3c(C)cccc3C)cs2)cc1. The molecule has 4 nitrogen and oxygen atoms in total. The van der Waals surface area contributed by atoms with Gasteiger partial charge in [-0.05, 0) is 49.2 Å². The average molecular weight is 339 g/mol. The zero-order chi connectivity index (χ0) is 17.1. The first-order valence-corrected chi connectivity index (χ1v) is 8.35. The molecule has 1 heterocycles. The molecule has 0 amide bonds. The van der Waals surface area contributed by atoms with E-state index in [1.807, 2.05) is 56.3 Å². The molecule has 24 heavy (non-hydrogen) atoms. The Hall–Kier alpha value is -2.66. The Morgan fingerprint density at radius 1 is 1.04 bits per heavy atom. The van der Waals surface area contributed by atoms with Crippen molar-refractivity contribution in [3.63, 3.8) is 0 Å². The van der Waals surface area contributed by atoms with Crippen LogP contribution in [0.3, 0.4) is 0 Å². The third kappa shape index (κ3) is 3.31. The quantitative estimate of drug-likeness (QED) is 0.512. The fourth-order valence-corrected chi connectivity index (χ4v) is 3.13. The third-order valence-corrected chi connectivity index (χ3v) is 4.55. The zero-order valence-corrected chi connectivity index (χ0v) is 14.5. The normalized spacial score (nSPS) is 10.5. The van der Waals surface area contributed by atoms with Gasteiger partial charge in [-0.2, -0.15) is 0 Å². The Morgan fingerprint density at radius 2 is 1.71 bits per heavy atom. The van der Waals surface area contributed by atoms with Gasteiger partial charge in [-0.3, -0.25) is 0 Å². The van der Waals surface area contributed by atoms with Crippen LogP contribution in [0.5, 0.6) is 11.5 Å². The topological polar surface area (TPSA) is 48.4 Å². The Balaban J connectivity index is 1.80. The molecule has 2 aromatic carbocycles. The highest BCUT2D eigenvalue weighted by molar-refractivity contribution is 7.13. The molecule has 0 spiro atoms. The maximum absolute atomic E-state index is 12.4. The molecule has 0 atom stereocenters. The number of nitrogens with zero attached hydrogens (tertiary/aromatic N) is 1. The van der Waals surface area contributed by atoms with E-state index < -0.39 is 5.97 Å². The highest BCUT2D eigenvalue weighted by Crippen LogP contribution is 2.27. The summed E-state index contributed by atoms with van der Waals surface area (Å²) in [5, 5.41) is 2.49. The van der Waals surface area contributed by atoms with Crippen LogP contribution in [0.15, 0.2) is 47.8 Å². The van der Waals surface area contributed by atoms with E-state index in [-0.39, 0.29) is 0 Å². The second kappa shape index (κ2) is 6.84. The standard InChI is InChI=1S/C19H17NO3S/c1-12-5-4-6-13(2)17(12)23-19(21)16-11-24-18(20-16)14-7-9-15(22-3)10-8-14/h4-11H,1-3H3. The van der Waals surface area contributed by atoms with E-state index in [0.717, 1.165) is 27.4 Å². The predicted molar refractivity (Wildman–Crippen MR) is 95.0 cm³/mol. The number of esters is 1. The van der Waals surface area contributed by atoms with Crippen molar-refractivity contribution in [1.29, 1.82) is 0 Å². The number of aryl methyl sites for hydroxylation is 2. The molecule has 0 fully saturated rings. The van der Waals surface area contributed by atoms with Crippen molar-refractivity contribution in [2.75, 3.05) is 7.11 Å². The largest absolute Gasteiger partial charge is 0.497 e. The Labute approximate surface area is 144 Å². The minimum absolute atomic E-state index is 0.313. The van der Waals surface area contributed by atoms with Crippen LogP contribution in [0.25, 0.3) is 10.6 Å². The molecule has 0 aliphatic rings. The fourth-order valence-electron chi connectivity index (χ4n) is 2.34. The monoisotopic (exact) mass is 339 g/mol. The molecule has 0 N–H and O–H groups in total. The predicted octanol–water partition coefficient (Wildman–Crippen LogP) is 4.65. The molecule has 0 radical (unpaired) electrons. The van der Waals surface area contributed by atoms with Gasteiger partial charge >= 0.3 is 5.97 Å². The first-order valence-electron chi connectivity index (χ1n) is 7.47. The van der Waals surface area contributed by atoms with E-state index in [4.69, 9.17) is 9.47 Å². The second-order valence-electron chi connectivity index (χ2n) is 5.38. The second-order valence-corrected chi connectivity index (χ2v) is 6.23. The summed E-state index contributed by atoms with van der Waals surface area (Å²) in [6.45, 7) is 3.83. The number of carbonyl (C=O) groups is 1. The first-order chi connectivity index (χ1) is 11.6. The summed E-state index contributed by atoms with van der Waals surface area (Å²) < 4.78 is 10.7. The van der Waals surface area contributed by atoms with E-state index in [1.54, 1.807) is 12.5 Å². The van der Waals surface area contributed by atoms with Crippen molar-refractivity contribution < 1.29 is 14.3 Å². The van der Waals surface area contributed by atoms with E-state index >= 15 is 0 Å². The number of hydrogen-bond donors (Lipinski definition) is 0. The van der Waals surface area contributed by atoms with Crippen LogP contribution >= 0.6 is 11.3 Å². The maximum Gasteiger partial charge on any atom is 0.363 e. The van der Waals surface area contributed by atoms with Crippen molar-refractivity contribution >= 4 is 17.3 Å². The number of carbonyl (C=O) groups excluding carboxylic acids is 1. The van der Waals surface area contributed by atoms with Gasteiger partial charge in [0.25, 0.3) is 0 Å². The summed E-state index contributed by atoms with van der Waals surface area (Å²) in [5.41, 5.74) is 3.10. The van der Waals surface area contributed by atoms with Crippen LogP contribution in [0.4, 0.5) is 0 Å². The molecule has 122 valence electrons. The lowest BCUT2D eigenvalue weighted by Crippen LogP contribution is -2.10. The van der Waals surface area contributed by atoms with E-state index in [1.165, 1.54) is 11.3 Å². The molecule has 0 unspecified atom stereocenters. The van der Waals surface area contributed by atoms with Gasteiger partial charge in [0.1, 0.15) is 16.5 Å². The Bertz CT molecular complexity index is 848. The molecule has 0 saturated carbocycles. The number of methoxy groups -OCH3 is 1. The van der Waals surface area contributed by atoms with Gasteiger partial charge in [0, 0.05) is 10.9 Å². The number of hydrogen-bond acceptors (Lipinski definition) is 5. The number of benzene rings is 2. The van der Waals surface area contributed by atoms with E-state index in [2.05, 4.69) is 4.98 Å². The molecule has 0 saturated heterocycles. The van der Waals surface area contributed by atoms with Gasteiger partial charge in [-0.1, -0.05) is 18.2 Å². The fraction of sp³-hybridized carbons (Fsp3) is 0.158. The summed E-state index contributed by atoms with van der Waals surface area (Å²) in [7, 11) is 1.63. The lowest BCUT2D eigenvalue weighted by molar-refractivity contribution is 0.0727. The van der Waals surface area contributed by atoms with Crippen LogP contribution < -0.4 is 9.47 Å². The van der Waals surface area contributed by atoms with Crippen LogP contribution in [-0.2, 0) is 0 Å². The average Bonchev–Trinajstić information content (AvgIpc) is 3.08. The number of aromatic nitrogens is 1. The minimum atomic E-state index is -0.441. The van der Waals surface area contributed by atoms with E-state index in [0.29, 0.717) is 11.4 Å². The van der Waals surface area contributed by atoms with Crippen LogP contribution in [-0.4, -0.2) is 18.1 Å². The summed E-state index contributed by atoms with van der Waals surface area (Å²) in [5.74, 6) is 0.940. The van der Waals surface area contributed by atoms with Crippen LogP contribution in [0, 0.1) is 13.8 Å². The van der Waals surface area contributed by atoms with Crippen molar-refractivity contribution in [3.05, 3.63) is 64.7 Å². The van der Waals surface area contributed by atoms with Gasteiger partial charge < -0.3 is 9.47 Å². The minimum Gasteiger partial charge on any atom is -0.497 e. The molecule has 0 aliphatic heterocycles. The number of rotatable bonds is 4. The third-order valence-electron chi connectivity index (χ3n) is 3.65. The Morgan fingerprint density at radius 3 is 2.33 bits per heavy atom. The van der Waals surface area contributed by atoms with Gasteiger partial charge in [-0.25, -0.2) is 9.78 Å². The van der Waals surface area contributed by atoms with Gasteiger partial charge in [0.2, 0.25) is 0 Å². The first kappa shape index (κ1) is 16.2. The van der Waals surface area contributed by atoms with Crippen molar-refractivity contribution in [3.8, 4) is 22.1 Å². The molecule has 0 aliphatic carbocycles. The van der Waals surface area contributed by atoms with Gasteiger partial charge in [0.15, 0.2) is 5.69 Å². The van der Waals surface area contributed by atoms with Gasteiger partial charge in [0.05, 0.1) is 7.11 Å². The van der Waals surface area contributed by atoms with Crippen LogP contribution in [0.1, 0.15) is 21.6 Å². The van der Waals surface area contributed by atoms with Crippen molar-refractivity contribution in [2.45, 2.75) is 13.8 Å². The molecule has 5 heteroatoms.